The van der Waals surface area contributed by atoms with Gasteiger partial charge in [0.15, 0.2) is 5.13 Å². The Hall–Kier alpha value is -3.45. The first-order valence-electron chi connectivity index (χ1n) is 9.94. The smallest absolute Gasteiger partial charge is 0.246 e. The van der Waals surface area contributed by atoms with Crippen molar-refractivity contribution < 1.29 is 14.3 Å². The van der Waals surface area contributed by atoms with Gasteiger partial charge >= 0.3 is 0 Å². The van der Waals surface area contributed by atoms with Crippen LogP contribution in [0.5, 0.6) is 5.75 Å². The molecule has 0 atom stereocenters. The Morgan fingerprint density at radius 1 is 1.10 bits per heavy atom. The van der Waals surface area contributed by atoms with Gasteiger partial charge in [-0.15, -0.1) is 11.3 Å². The molecular formula is C24H25N3O3S. The molecule has 7 heteroatoms. The fourth-order valence-electron chi connectivity index (χ4n) is 2.95. The van der Waals surface area contributed by atoms with Gasteiger partial charge in [-0.2, -0.15) is 0 Å². The average Bonchev–Trinajstić information content (AvgIpc) is 3.22. The van der Waals surface area contributed by atoms with Gasteiger partial charge in [-0.25, -0.2) is 4.98 Å². The number of para-hydroxylation sites is 1. The van der Waals surface area contributed by atoms with Crippen molar-refractivity contribution in [2.45, 2.75) is 20.4 Å². The van der Waals surface area contributed by atoms with Crippen LogP contribution in [-0.2, 0) is 16.1 Å². The van der Waals surface area contributed by atoms with E-state index >= 15 is 0 Å². The molecule has 0 aliphatic rings. The molecular weight excluding hydrogens is 410 g/mol. The predicted octanol–water partition coefficient (Wildman–Crippen LogP) is 4.90. The van der Waals surface area contributed by atoms with Crippen LogP contribution < -0.4 is 9.64 Å². The van der Waals surface area contributed by atoms with Gasteiger partial charge in [-0.1, -0.05) is 30.3 Å². The van der Waals surface area contributed by atoms with E-state index in [0.717, 1.165) is 17.0 Å². The van der Waals surface area contributed by atoms with Crippen LogP contribution in [0, 0.1) is 0 Å². The highest BCUT2D eigenvalue weighted by molar-refractivity contribution is 7.14. The van der Waals surface area contributed by atoms with Crippen molar-refractivity contribution in [2.24, 2.45) is 0 Å². The number of thiazole rings is 1. The van der Waals surface area contributed by atoms with Crippen molar-refractivity contribution in [3.05, 3.63) is 77.3 Å². The number of hydrogen-bond acceptors (Lipinski definition) is 5. The molecule has 0 saturated carbocycles. The van der Waals surface area contributed by atoms with E-state index in [4.69, 9.17) is 4.74 Å². The lowest BCUT2D eigenvalue weighted by molar-refractivity contribution is -0.125. The van der Waals surface area contributed by atoms with Gasteiger partial charge in [0.1, 0.15) is 5.75 Å². The van der Waals surface area contributed by atoms with Gasteiger partial charge in [0.2, 0.25) is 11.8 Å². The minimum Gasteiger partial charge on any atom is -0.494 e. The van der Waals surface area contributed by atoms with Crippen molar-refractivity contribution in [1.82, 2.24) is 9.88 Å². The maximum absolute atomic E-state index is 12.5. The van der Waals surface area contributed by atoms with Gasteiger partial charge in [0.25, 0.3) is 0 Å². The van der Waals surface area contributed by atoms with Crippen molar-refractivity contribution in [1.29, 1.82) is 0 Å². The van der Waals surface area contributed by atoms with E-state index < -0.39 is 0 Å². The molecule has 0 fully saturated rings. The molecule has 0 spiro atoms. The highest BCUT2D eigenvalue weighted by Crippen LogP contribution is 2.29. The molecule has 0 aliphatic heterocycles. The topological polar surface area (TPSA) is 62.7 Å². The quantitative estimate of drug-likeness (QED) is 0.472. The molecule has 160 valence electrons. The van der Waals surface area contributed by atoms with Gasteiger partial charge in [-0.05, 0) is 42.8 Å². The van der Waals surface area contributed by atoms with Crippen LogP contribution in [0.4, 0.5) is 10.8 Å². The molecule has 2 amide bonds. The average molecular weight is 436 g/mol. The third-order valence-corrected chi connectivity index (χ3v) is 5.30. The molecule has 0 saturated heterocycles. The van der Waals surface area contributed by atoms with Crippen molar-refractivity contribution in [3.8, 4) is 5.75 Å². The second kappa shape index (κ2) is 10.5. The number of likely N-dealkylation sites (N-methyl/N-ethyl adjacent to an activating group) is 1. The molecule has 0 bridgehead atoms. The van der Waals surface area contributed by atoms with Crippen LogP contribution >= 0.6 is 11.3 Å². The lowest BCUT2D eigenvalue weighted by atomic mass is 10.2. The number of benzene rings is 2. The van der Waals surface area contributed by atoms with Gasteiger partial charge < -0.3 is 9.64 Å². The summed E-state index contributed by atoms with van der Waals surface area (Å²) in [6, 6.07) is 17.1. The molecule has 0 N–H and O–H groups in total. The summed E-state index contributed by atoms with van der Waals surface area (Å²) in [7, 11) is 1.75. The number of ether oxygens (including phenoxy) is 1. The van der Waals surface area contributed by atoms with Crippen LogP contribution in [0.1, 0.15) is 25.1 Å². The number of hydrogen-bond donors (Lipinski definition) is 0. The number of rotatable bonds is 8. The number of amides is 2. The third kappa shape index (κ3) is 6.02. The minimum atomic E-state index is -0.130. The van der Waals surface area contributed by atoms with E-state index in [0.29, 0.717) is 24.0 Å². The zero-order valence-corrected chi connectivity index (χ0v) is 18.6. The molecule has 6 nitrogen and oxygen atoms in total. The second-order valence-electron chi connectivity index (χ2n) is 6.85. The maximum Gasteiger partial charge on any atom is 0.246 e. The Balaban J connectivity index is 1.64. The van der Waals surface area contributed by atoms with Crippen LogP contribution in [-0.4, -0.2) is 35.4 Å². The number of carbonyl (C=O) groups is 2. The molecule has 0 aliphatic carbocycles. The summed E-state index contributed by atoms with van der Waals surface area (Å²) < 4.78 is 5.44. The number of anilines is 2. The summed E-state index contributed by atoms with van der Waals surface area (Å²) in [5.41, 5.74) is 2.40. The molecule has 0 unspecified atom stereocenters. The van der Waals surface area contributed by atoms with E-state index in [-0.39, 0.29) is 11.8 Å². The van der Waals surface area contributed by atoms with Crippen molar-refractivity contribution in [2.75, 3.05) is 18.6 Å². The van der Waals surface area contributed by atoms with Crippen molar-refractivity contribution in [3.63, 3.8) is 0 Å². The molecule has 3 rings (SSSR count). The maximum atomic E-state index is 12.5. The number of aromatic nitrogens is 1. The Labute approximate surface area is 186 Å². The highest BCUT2D eigenvalue weighted by atomic mass is 32.1. The summed E-state index contributed by atoms with van der Waals surface area (Å²) in [5.74, 6) is 0.562. The van der Waals surface area contributed by atoms with E-state index in [2.05, 4.69) is 4.98 Å². The lowest BCUT2D eigenvalue weighted by Gasteiger charge is -2.17. The summed E-state index contributed by atoms with van der Waals surface area (Å²) in [6.45, 7) is 4.56. The van der Waals surface area contributed by atoms with Crippen LogP contribution in [0.3, 0.4) is 0 Å². The van der Waals surface area contributed by atoms with Crippen LogP contribution in [0.25, 0.3) is 6.08 Å². The predicted molar refractivity (Wildman–Crippen MR) is 124 cm³/mol. The normalized spacial score (nSPS) is 10.8. The summed E-state index contributed by atoms with van der Waals surface area (Å²) in [5, 5.41) is 2.39. The SMILES string of the molecule is CCOc1ccc(CN(C)C(=O)/C=C/c2csc(N(C(C)=O)c3ccccc3)n2)cc1. The third-order valence-electron chi connectivity index (χ3n) is 4.46. The zero-order chi connectivity index (χ0) is 22.2. The summed E-state index contributed by atoms with van der Waals surface area (Å²) in [6.07, 6.45) is 3.16. The molecule has 31 heavy (non-hydrogen) atoms. The zero-order valence-electron chi connectivity index (χ0n) is 17.8. The summed E-state index contributed by atoms with van der Waals surface area (Å²) in [4.78, 5) is 32.3. The van der Waals surface area contributed by atoms with E-state index in [9.17, 15) is 9.59 Å². The Morgan fingerprint density at radius 3 is 2.45 bits per heavy atom. The monoisotopic (exact) mass is 435 g/mol. The Bertz CT molecular complexity index is 1050. The Morgan fingerprint density at radius 2 is 1.81 bits per heavy atom. The Kier molecular flexibility index (Phi) is 7.56. The second-order valence-corrected chi connectivity index (χ2v) is 7.69. The van der Waals surface area contributed by atoms with Gasteiger partial charge in [-0.3, -0.25) is 14.5 Å². The lowest BCUT2D eigenvalue weighted by Crippen LogP contribution is -2.24. The van der Waals surface area contributed by atoms with E-state index in [1.807, 2.05) is 66.9 Å². The van der Waals surface area contributed by atoms with Crippen LogP contribution in [0.15, 0.2) is 66.1 Å². The minimum absolute atomic E-state index is 0.123. The molecule has 0 radical (unpaired) electrons. The first kappa shape index (κ1) is 22.2. The fraction of sp³-hybridized carbons (Fsp3) is 0.208. The largest absolute Gasteiger partial charge is 0.494 e. The van der Waals surface area contributed by atoms with E-state index in [1.54, 1.807) is 22.9 Å². The number of nitrogens with zero attached hydrogens (tertiary/aromatic N) is 3. The molecule has 2 aromatic carbocycles. The van der Waals surface area contributed by atoms with Gasteiger partial charge in [0, 0.05) is 32.0 Å². The first-order chi connectivity index (χ1) is 15.0. The van der Waals surface area contributed by atoms with E-state index in [1.165, 1.54) is 24.3 Å². The molecule has 3 aromatic rings. The van der Waals surface area contributed by atoms with Crippen molar-refractivity contribution >= 4 is 40.0 Å². The van der Waals surface area contributed by atoms with Gasteiger partial charge in [0.05, 0.1) is 18.0 Å². The van der Waals surface area contributed by atoms with Crippen LogP contribution in [0.2, 0.25) is 0 Å². The number of carbonyl (C=O) groups excluding carboxylic acids is 2. The molecule has 1 heterocycles. The fourth-order valence-corrected chi connectivity index (χ4v) is 3.81. The summed E-state index contributed by atoms with van der Waals surface area (Å²) >= 11 is 1.35. The first-order valence-corrected chi connectivity index (χ1v) is 10.8. The highest BCUT2D eigenvalue weighted by Gasteiger charge is 2.17. The molecule has 1 aromatic heterocycles. The standard InChI is InChI=1S/C24H25N3O3S/c1-4-30-22-13-10-19(11-14-22)16-26(3)23(29)15-12-20-17-31-24(25-20)27(18(2)28)21-8-6-5-7-9-21/h5-15,17H,4,16H2,1-3H3/b15-12+.